The molecular weight excluding hydrogens is 280 g/mol. The highest BCUT2D eigenvalue weighted by atomic mass is 79.9. The van der Waals surface area contributed by atoms with Crippen LogP contribution in [0.2, 0.25) is 4.34 Å². The predicted molar refractivity (Wildman–Crippen MR) is 67.2 cm³/mol. The van der Waals surface area contributed by atoms with E-state index in [1.165, 1.54) is 16.0 Å². The first-order valence-electron chi connectivity index (χ1n) is 4.18. The minimum Gasteiger partial charge on any atom is -0.122 e. The summed E-state index contributed by atoms with van der Waals surface area (Å²) in [6.45, 7) is 2.08. The van der Waals surface area contributed by atoms with Crippen LogP contribution in [0.4, 0.5) is 0 Å². The molecule has 0 aliphatic carbocycles. The van der Waals surface area contributed by atoms with Crippen molar-refractivity contribution in [2.75, 3.05) is 0 Å². The zero-order valence-electron chi connectivity index (χ0n) is 7.55. The van der Waals surface area contributed by atoms with E-state index in [1.807, 2.05) is 0 Å². The van der Waals surface area contributed by atoms with E-state index in [4.69, 9.17) is 11.6 Å². The Kier molecular flexibility index (Phi) is 2.96. The van der Waals surface area contributed by atoms with Gasteiger partial charge in [0.05, 0.1) is 0 Å². The van der Waals surface area contributed by atoms with E-state index in [9.17, 15) is 0 Å². The molecule has 3 heteroatoms. The third-order valence-electron chi connectivity index (χ3n) is 1.98. The second kappa shape index (κ2) is 4.05. The fourth-order valence-corrected chi connectivity index (χ4v) is 2.91. The minimum atomic E-state index is 0.806. The number of halogens is 2. The first kappa shape index (κ1) is 10.2. The quantitative estimate of drug-likeness (QED) is 0.681. The highest BCUT2D eigenvalue weighted by Crippen LogP contribution is 2.37. The Morgan fingerprint density at radius 1 is 1.21 bits per heavy atom. The van der Waals surface area contributed by atoms with Crippen LogP contribution in [-0.2, 0) is 0 Å². The lowest BCUT2D eigenvalue weighted by molar-refractivity contribution is 1.48. The Bertz CT molecular complexity index is 425. The average molecular weight is 288 g/mol. The van der Waals surface area contributed by atoms with E-state index in [2.05, 4.69) is 53.2 Å². The minimum absolute atomic E-state index is 0.806. The highest BCUT2D eigenvalue weighted by Gasteiger charge is 2.05. The first-order valence-corrected chi connectivity index (χ1v) is 6.17. The van der Waals surface area contributed by atoms with E-state index in [0.29, 0.717) is 0 Å². The molecular formula is C11H8BrClS. The number of benzene rings is 1. The van der Waals surface area contributed by atoms with Gasteiger partial charge >= 0.3 is 0 Å². The van der Waals surface area contributed by atoms with Crippen LogP contribution in [0.25, 0.3) is 10.4 Å². The van der Waals surface area contributed by atoms with Gasteiger partial charge in [-0.05, 0) is 34.5 Å². The van der Waals surface area contributed by atoms with E-state index in [-0.39, 0.29) is 0 Å². The molecule has 0 aliphatic rings. The zero-order chi connectivity index (χ0) is 10.1. The van der Waals surface area contributed by atoms with Crippen molar-refractivity contribution in [3.8, 4) is 10.4 Å². The van der Waals surface area contributed by atoms with Gasteiger partial charge in [-0.3, -0.25) is 0 Å². The predicted octanol–water partition coefficient (Wildman–Crippen LogP) is 5.14. The Morgan fingerprint density at radius 3 is 2.36 bits per heavy atom. The third kappa shape index (κ3) is 2.02. The maximum Gasteiger partial charge on any atom is 0.108 e. The zero-order valence-corrected chi connectivity index (χ0v) is 10.7. The van der Waals surface area contributed by atoms with Crippen LogP contribution in [0.5, 0.6) is 0 Å². The summed E-state index contributed by atoms with van der Waals surface area (Å²) in [5, 5.41) is 0. The van der Waals surface area contributed by atoms with Crippen molar-refractivity contribution in [1.82, 2.24) is 0 Å². The third-order valence-corrected chi connectivity index (χ3v) is 4.51. The second-order valence-corrected chi connectivity index (χ2v) is 5.61. The Morgan fingerprint density at radius 2 is 1.86 bits per heavy atom. The summed E-state index contributed by atoms with van der Waals surface area (Å²) < 4.78 is 1.78. The smallest absolute Gasteiger partial charge is 0.108 e. The lowest BCUT2D eigenvalue weighted by atomic mass is 10.1. The summed E-state index contributed by atoms with van der Waals surface area (Å²) in [7, 11) is 0. The molecule has 2 aromatic rings. The average Bonchev–Trinajstić information content (AvgIpc) is 2.48. The molecule has 0 radical (unpaired) electrons. The topological polar surface area (TPSA) is 0 Å². The Balaban J connectivity index is 2.44. The summed E-state index contributed by atoms with van der Waals surface area (Å²) in [4.78, 5) is 1.20. The molecule has 0 spiro atoms. The fraction of sp³-hybridized carbons (Fsp3) is 0.0909. The van der Waals surface area contributed by atoms with Crippen LogP contribution < -0.4 is 0 Å². The van der Waals surface area contributed by atoms with Gasteiger partial charge in [0.25, 0.3) is 0 Å². The van der Waals surface area contributed by atoms with Gasteiger partial charge in [-0.2, -0.15) is 0 Å². The Labute approximate surface area is 101 Å². The number of hydrogen-bond acceptors (Lipinski definition) is 1. The SMILES string of the molecule is Cc1ccc(-c2cc(Br)c(Cl)s2)cc1. The fourth-order valence-electron chi connectivity index (χ4n) is 1.21. The molecule has 14 heavy (non-hydrogen) atoms. The maximum atomic E-state index is 5.98. The normalized spacial score (nSPS) is 10.5. The molecule has 2 rings (SSSR count). The number of hydrogen-bond donors (Lipinski definition) is 0. The first-order chi connectivity index (χ1) is 6.66. The van der Waals surface area contributed by atoms with Crippen molar-refractivity contribution < 1.29 is 0 Å². The van der Waals surface area contributed by atoms with Gasteiger partial charge in [-0.1, -0.05) is 41.4 Å². The van der Waals surface area contributed by atoms with Crippen molar-refractivity contribution in [3.05, 3.63) is 44.7 Å². The van der Waals surface area contributed by atoms with Gasteiger partial charge in [-0.15, -0.1) is 11.3 Å². The summed E-state index contributed by atoms with van der Waals surface area (Å²) >= 11 is 11.0. The van der Waals surface area contributed by atoms with Gasteiger partial charge in [-0.25, -0.2) is 0 Å². The van der Waals surface area contributed by atoms with E-state index in [0.717, 1.165) is 8.81 Å². The monoisotopic (exact) mass is 286 g/mol. The molecule has 0 fully saturated rings. The molecule has 72 valence electrons. The second-order valence-electron chi connectivity index (χ2n) is 3.10. The van der Waals surface area contributed by atoms with Crippen LogP contribution in [-0.4, -0.2) is 0 Å². The summed E-state index contributed by atoms with van der Waals surface area (Å²) in [5.74, 6) is 0. The summed E-state index contributed by atoms with van der Waals surface area (Å²) in [6, 6.07) is 10.5. The molecule has 0 bridgehead atoms. The van der Waals surface area contributed by atoms with Crippen LogP contribution in [0.3, 0.4) is 0 Å². The number of thiophene rings is 1. The van der Waals surface area contributed by atoms with E-state index < -0.39 is 0 Å². The van der Waals surface area contributed by atoms with Crippen molar-refractivity contribution >= 4 is 38.9 Å². The molecule has 0 amide bonds. The van der Waals surface area contributed by atoms with Crippen LogP contribution in [0, 0.1) is 6.92 Å². The molecule has 1 heterocycles. The standard InChI is InChI=1S/C11H8BrClS/c1-7-2-4-8(5-3-7)10-6-9(12)11(13)14-10/h2-6H,1H3. The van der Waals surface area contributed by atoms with Crippen LogP contribution in [0.1, 0.15) is 5.56 Å². The molecule has 0 unspecified atom stereocenters. The van der Waals surface area contributed by atoms with Crippen LogP contribution >= 0.6 is 38.9 Å². The number of rotatable bonds is 1. The van der Waals surface area contributed by atoms with E-state index in [1.54, 1.807) is 11.3 Å². The molecule has 0 N–H and O–H groups in total. The van der Waals surface area contributed by atoms with Gasteiger partial charge in [0.15, 0.2) is 0 Å². The summed E-state index contributed by atoms with van der Waals surface area (Å²) in [5.41, 5.74) is 2.49. The molecule has 0 aliphatic heterocycles. The molecule has 1 aromatic heterocycles. The lowest BCUT2D eigenvalue weighted by Crippen LogP contribution is -1.72. The van der Waals surface area contributed by atoms with Crippen molar-refractivity contribution in [2.45, 2.75) is 6.92 Å². The largest absolute Gasteiger partial charge is 0.122 e. The van der Waals surface area contributed by atoms with Crippen LogP contribution in [0.15, 0.2) is 34.8 Å². The van der Waals surface area contributed by atoms with Gasteiger partial charge in [0.2, 0.25) is 0 Å². The summed E-state index contributed by atoms with van der Waals surface area (Å²) in [6.07, 6.45) is 0. The van der Waals surface area contributed by atoms with E-state index >= 15 is 0 Å². The number of aryl methyl sites for hydroxylation is 1. The van der Waals surface area contributed by atoms with Crippen molar-refractivity contribution in [1.29, 1.82) is 0 Å². The molecule has 0 nitrogen and oxygen atoms in total. The van der Waals surface area contributed by atoms with Crippen molar-refractivity contribution in [3.63, 3.8) is 0 Å². The highest BCUT2D eigenvalue weighted by molar-refractivity contribution is 9.10. The molecule has 0 atom stereocenters. The Hall–Kier alpha value is -0.310. The maximum absolute atomic E-state index is 5.98. The molecule has 1 aromatic carbocycles. The lowest BCUT2D eigenvalue weighted by Gasteiger charge is -1.96. The molecule has 0 saturated heterocycles. The van der Waals surface area contributed by atoms with Crippen molar-refractivity contribution in [2.24, 2.45) is 0 Å². The molecule has 0 saturated carbocycles. The van der Waals surface area contributed by atoms with Gasteiger partial charge in [0.1, 0.15) is 4.34 Å². The van der Waals surface area contributed by atoms with Gasteiger partial charge in [0, 0.05) is 9.35 Å². The van der Waals surface area contributed by atoms with Gasteiger partial charge < -0.3 is 0 Å².